The van der Waals surface area contributed by atoms with Crippen LogP contribution in [0.3, 0.4) is 0 Å². The van der Waals surface area contributed by atoms with Crippen LogP contribution in [0.15, 0.2) is 47.4 Å². The van der Waals surface area contributed by atoms with Crippen LogP contribution < -0.4 is 5.32 Å². The molecule has 0 aliphatic rings. The van der Waals surface area contributed by atoms with Crippen molar-refractivity contribution in [2.75, 3.05) is 11.6 Å². The number of phenolic OH excluding ortho intramolecular Hbond substituents is 1. The predicted octanol–water partition coefficient (Wildman–Crippen LogP) is 3.62. The summed E-state index contributed by atoms with van der Waals surface area (Å²) in [4.78, 5) is 0.206. The van der Waals surface area contributed by atoms with E-state index in [4.69, 9.17) is 11.6 Å². The van der Waals surface area contributed by atoms with Crippen LogP contribution in [0.1, 0.15) is 18.5 Å². The molecule has 1 atom stereocenters. The van der Waals surface area contributed by atoms with Crippen molar-refractivity contribution in [3.63, 3.8) is 0 Å². The number of hydrogen-bond acceptors (Lipinski definition) is 4. The standard InChI is InChI=1S/C15H16ClNO3S/c1-10(11-4-3-5-12(18)8-11)17-15-9-13(21(2,19)20)6-7-14(15)16/h3-10,17-18H,1-2H3. The molecule has 2 rings (SSSR count). The third-order valence-corrected chi connectivity index (χ3v) is 4.55. The fraction of sp³-hybridized carbons (Fsp3) is 0.200. The van der Waals surface area contributed by atoms with Crippen molar-refractivity contribution in [2.24, 2.45) is 0 Å². The summed E-state index contributed by atoms with van der Waals surface area (Å²) in [6.45, 7) is 1.90. The SMILES string of the molecule is CC(Nc1cc(S(C)(=O)=O)ccc1Cl)c1cccc(O)c1. The third-order valence-electron chi connectivity index (χ3n) is 3.11. The van der Waals surface area contributed by atoms with E-state index in [-0.39, 0.29) is 16.7 Å². The minimum atomic E-state index is -3.29. The number of aromatic hydroxyl groups is 1. The molecule has 0 heterocycles. The molecule has 112 valence electrons. The first kappa shape index (κ1) is 15.7. The van der Waals surface area contributed by atoms with E-state index in [1.165, 1.54) is 12.1 Å². The van der Waals surface area contributed by atoms with Gasteiger partial charge in [-0.05, 0) is 42.8 Å². The lowest BCUT2D eigenvalue weighted by molar-refractivity contribution is 0.474. The second-order valence-electron chi connectivity index (χ2n) is 4.87. The Morgan fingerprint density at radius 1 is 1.19 bits per heavy atom. The topological polar surface area (TPSA) is 66.4 Å². The summed E-state index contributed by atoms with van der Waals surface area (Å²) < 4.78 is 23.2. The van der Waals surface area contributed by atoms with Gasteiger partial charge in [-0.1, -0.05) is 23.7 Å². The lowest BCUT2D eigenvalue weighted by Gasteiger charge is -2.17. The molecule has 2 aromatic carbocycles. The molecule has 0 spiro atoms. The fourth-order valence-corrected chi connectivity index (χ4v) is 2.78. The first-order chi connectivity index (χ1) is 9.77. The zero-order valence-electron chi connectivity index (χ0n) is 11.7. The fourth-order valence-electron chi connectivity index (χ4n) is 1.96. The lowest BCUT2D eigenvalue weighted by Crippen LogP contribution is -2.08. The Bertz CT molecular complexity index is 759. The summed E-state index contributed by atoms with van der Waals surface area (Å²) in [5.74, 6) is 0.178. The van der Waals surface area contributed by atoms with Crippen molar-refractivity contribution >= 4 is 27.1 Å². The molecule has 0 bridgehead atoms. The summed E-state index contributed by atoms with van der Waals surface area (Å²) in [6, 6.07) is 11.3. The second-order valence-corrected chi connectivity index (χ2v) is 7.30. The van der Waals surface area contributed by atoms with Crippen molar-refractivity contribution in [3.05, 3.63) is 53.1 Å². The number of anilines is 1. The smallest absolute Gasteiger partial charge is 0.175 e. The van der Waals surface area contributed by atoms with E-state index < -0.39 is 9.84 Å². The van der Waals surface area contributed by atoms with Crippen molar-refractivity contribution in [1.29, 1.82) is 0 Å². The summed E-state index contributed by atoms with van der Waals surface area (Å²) >= 11 is 6.10. The molecule has 0 aliphatic carbocycles. The maximum Gasteiger partial charge on any atom is 0.175 e. The minimum absolute atomic E-state index is 0.135. The maximum atomic E-state index is 11.6. The van der Waals surface area contributed by atoms with Crippen molar-refractivity contribution in [1.82, 2.24) is 0 Å². The Morgan fingerprint density at radius 2 is 1.90 bits per heavy atom. The van der Waals surface area contributed by atoms with Gasteiger partial charge in [-0.3, -0.25) is 0 Å². The van der Waals surface area contributed by atoms with E-state index >= 15 is 0 Å². The Labute approximate surface area is 129 Å². The highest BCUT2D eigenvalue weighted by Gasteiger charge is 2.13. The number of rotatable bonds is 4. The molecule has 4 nitrogen and oxygen atoms in total. The highest BCUT2D eigenvalue weighted by atomic mass is 35.5. The van der Waals surface area contributed by atoms with Gasteiger partial charge in [0, 0.05) is 12.3 Å². The number of nitrogens with one attached hydrogen (secondary N) is 1. The third kappa shape index (κ3) is 3.89. The van der Waals surface area contributed by atoms with Crippen LogP contribution >= 0.6 is 11.6 Å². The summed E-state index contributed by atoms with van der Waals surface area (Å²) in [5.41, 5.74) is 1.41. The highest BCUT2D eigenvalue weighted by Crippen LogP contribution is 2.29. The van der Waals surface area contributed by atoms with Crippen molar-refractivity contribution < 1.29 is 13.5 Å². The van der Waals surface area contributed by atoms with Gasteiger partial charge in [-0.2, -0.15) is 0 Å². The van der Waals surface area contributed by atoms with Gasteiger partial charge < -0.3 is 10.4 Å². The Morgan fingerprint density at radius 3 is 2.52 bits per heavy atom. The van der Waals surface area contributed by atoms with Crippen LogP contribution in [0.2, 0.25) is 5.02 Å². The van der Waals surface area contributed by atoms with Crippen LogP contribution in [0.4, 0.5) is 5.69 Å². The van der Waals surface area contributed by atoms with E-state index in [0.29, 0.717) is 10.7 Å². The van der Waals surface area contributed by atoms with E-state index in [2.05, 4.69) is 5.32 Å². The molecule has 0 fully saturated rings. The Kier molecular flexibility index (Phi) is 4.44. The summed E-state index contributed by atoms with van der Waals surface area (Å²) in [6.07, 6.45) is 1.15. The molecule has 0 radical (unpaired) electrons. The van der Waals surface area contributed by atoms with Crippen LogP contribution in [0.5, 0.6) is 5.75 Å². The Hall–Kier alpha value is -1.72. The molecule has 2 N–H and O–H groups in total. The first-order valence-electron chi connectivity index (χ1n) is 6.32. The Balaban J connectivity index is 2.31. The van der Waals surface area contributed by atoms with Crippen molar-refractivity contribution in [3.8, 4) is 5.75 Å². The van der Waals surface area contributed by atoms with Gasteiger partial charge in [-0.25, -0.2) is 8.42 Å². The van der Waals surface area contributed by atoms with E-state index in [0.717, 1.165) is 11.8 Å². The van der Waals surface area contributed by atoms with E-state index in [9.17, 15) is 13.5 Å². The maximum absolute atomic E-state index is 11.6. The molecule has 0 aromatic heterocycles. The average Bonchev–Trinajstić information content (AvgIpc) is 2.40. The van der Waals surface area contributed by atoms with Crippen LogP contribution in [0.25, 0.3) is 0 Å². The lowest BCUT2D eigenvalue weighted by atomic mass is 10.1. The van der Waals surface area contributed by atoms with Crippen LogP contribution in [0, 0.1) is 0 Å². The average molecular weight is 326 g/mol. The summed E-state index contributed by atoms with van der Waals surface area (Å²) in [5, 5.41) is 13.1. The first-order valence-corrected chi connectivity index (χ1v) is 8.59. The zero-order chi connectivity index (χ0) is 15.6. The molecule has 6 heteroatoms. The minimum Gasteiger partial charge on any atom is -0.508 e. The van der Waals surface area contributed by atoms with Crippen molar-refractivity contribution in [2.45, 2.75) is 17.9 Å². The van der Waals surface area contributed by atoms with Crippen LogP contribution in [-0.4, -0.2) is 19.8 Å². The molecule has 0 saturated carbocycles. The molecule has 2 aromatic rings. The van der Waals surface area contributed by atoms with Gasteiger partial charge in [0.15, 0.2) is 9.84 Å². The summed E-state index contributed by atoms with van der Waals surface area (Å²) in [7, 11) is -3.29. The number of hydrogen-bond donors (Lipinski definition) is 2. The second kappa shape index (κ2) is 5.95. The zero-order valence-corrected chi connectivity index (χ0v) is 13.2. The largest absolute Gasteiger partial charge is 0.508 e. The number of phenols is 1. The normalized spacial score (nSPS) is 12.9. The van der Waals surface area contributed by atoms with Crippen LogP contribution in [-0.2, 0) is 9.84 Å². The van der Waals surface area contributed by atoms with Gasteiger partial charge in [0.1, 0.15) is 5.75 Å². The van der Waals surface area contributed by atoms with Gasteiger partial charge in [0.2, 0.25) is 0 Å². The molecule has 21 heavy (non-hydrogen) atoms. The molecule has 0 saturated heterocycles. The molecule has 1 unspecified atom stereocenters. The van der Waals surface area contributed by atoms with Gasteiger partial charge in [0.05, 0.1) is 15.6 Å². The number of halogens is 1. The number of benzene rings is 2. The number of sulfone groups is 1. The molecular weight excluding hydrogens is 310 g/mol. The quantitative estimate of drug-likeness (QED) is 0.901. The highest BCUT2D eigenvalue weighted by molar-refractivity contribution is 7.90. The molecular formula is C15H16ClNO3S. The molecule has 0 amide bonds. The van der Waals surface area contributed by atoms with Gasteiger partial charge in [0.25, 0.3) is 0 Å². The van der Waals surface area contributed by atoms with E-state index in [1.54, 1.807) is 24.3 Å². The van der Waals surface area contributed by atoms with Gasteiger partial charge in [-0.15, -0.1) is 0 Å². The molecule has 0 aliphatic heterocycles. The monoisotopic (exact) mass is 325 g/mol. The van der Waals surface area contributed by atoms with Gasteiger partial charge >= 0.3 is 0 Å². The van der Waals surface area contributed by atoms with E-state index in [1.807, 2.05) is 13.0 Å². The predicted molar refractivity (Wildman–Crippen MR) is 84.7 cm³/mol.